The third-order valence-corrected chi connectivity index (χ3v) is 6.92. The molecule has 1 aromatic heterocycles. The zero-order valence-electron chi connectivity index (χ0n) is 23.7. The van der Waals surface area contributed by atoms with Crippen molar-refractivity contribution in [1.29, 1.82) is 0 Å². The van der Waals surface area contributed by atoms with Crippen LogP contribution in [0.3, 0.4) is 0 Å². The van der Waals surface area contributed by atoms with E-state index >= 15 is 0 Å². The molecule has 0 aliphatic rings. The second-order valence-corrected chi connectivity index (χ2v) is 13.2. The maximum absolute atomic E-state index is 13.2. The van der Waals surface area contributed by atoms with E-state index in [1.165, 1.54) is 32.1 Å². The fourth-order valence-electron chi connectivity index (χ4n) is 2.91. The van der Waals surface area contributed by atoms with Crippen LogP contribution in [-0.4, -0.2) is 46.7 Å². The van der Waals surface area contributed by atoms with Gasteiger partial charge in [-0.05, 0) is 54.4 Å². The van der Waals surface area contributed by atoms with Gasteiger partial charge in [0.15, 0.2) is 0 Å². The molecule has 0 unspecified atom stereocenters. The van der Waals surface area contributed by atoms with Gasteiger partial charge < -0.3 is 9.47 Å². The number of aryl methyl sites for hydroxylation is 1. The number of nitrogens with zero attached hydrogens (tertiary/aromatic N) is 3. The first-order valence-electron chi connectivity index (χ1n) is 13.0. The highest BCUT2D eigenvalue weighted by atomic mass is 31.2. The summed E-state index contributed by atoms with van der Waals surface area (Å²) < 4.78 is 35.6. The summed E-state index contributed by atoms with van der Waals surface area (Å²) in [6.07, 6.45) is 13.4. The number of esters is 2. The molecule has 0 saturated heterocycles. The number of ether oxygens (including phenoxy) is 2. The fraction of sp³-hybridized carbons (Fsp3) is 0.769. The van der Waals surface area contributed by atoms with E-state index in [0.717, 1.165) is 18.5 Å². The molecule has 37 heavy (non-hydrogen) atoms. The molecule has 0 amide bonds. The van der Waals surface area contributed by atoms with Crippen LogP contribution in [0.4, 0.5) is 0 Å². The average Bonchev–Trinajstić information content (AvgIpc) is 3.25. The maximum Gasteiger partial charge on any atom is 0.340 e. The van der Waals surface area contributed by atoms with Gasteiger partial charge >= 0.3 is 19.5 Å². The lowest BCUT2D eigenvalue weighted by Crippen LogP contribution is -2.25. The minimum atomic E-state index is -3.77. The Labute approximate surface area is 222 Å². The van der Waals surface area contributed by atoms with Gasteiger partial charge in [0.2, 0.25) is 13.6 Å². The minimum Gasteiger partial charge on any atom is -0.438 e. The zero-order chi connectivity index (χ0) is 28.0. The molecule has 0 fully saturated rings. The van der Waals surface area contributed by atoms with E-state index in [1.807, 2.05) is 6.20 Å². The lowest BCUT2D eigenvalue weighted by Gasteiger charge is -2.21. The van der Waals surface area contributed by atoms with Crippen molar-refractivity contribution in [3.05, 3.63) is 24.0 Å². The summed E-state index contributed by atoms with van der Waals surface area (Å²) in [4.78, 5) is 24.0. The van der Waals surface area contributed by atoms with Crippen molar-refractivity contribution in [1.82, 2.24) is 15.0 Å². The van der Waals surface area contributed by atoms with Crippen molar-refractivity contribution in [2.24, 2.45) is 10.8 Å². The topological polar surface area (TPSA) is 119 Å². The Morgan fingerprint density at radius 2 is 1.43 bits per heavy atom. The predicted octanol–water partition coefficient (Wildman–Crippen LogP) is 6.06. The molecular weight excluding hydrogens is 497 g/mol. The summed E-state index contributed by atoms with van der Waals surface area (Å²) in [5.74, 6) is -1.01. The molecule has 0 spiro atoms. The molecule has 11 heteroatoms. The number of hydrogen-bond acceptors (Lipinski definition) is 9. The van der Waals surface area contributed by atoms with E-state index in [0.29, 0.717) is 6.54 Å². The van der Waals surface area contributed by atoms with Crippen molar-refractivity contribution in [3.8, 4) is 0 Å². The molecule has 212 valence electrons. The van der Waals surface area contributed by atoms with Crippen LogP contribution < -0.4 is 0 Å². The van der Waals surface area contributed by atoms with Crippen LogP contribution in [0, 0.1) is 10.8 Å². The molecule has 0 radical (unpaired) electrons. The third-order valence-electron chi connectivity index (χ3n) is 5.26. The Morgan fingerprint density at radius 3 is 1.97 bits per heavy atom. The average molecular weight is 544 g/mol. The molecule has 0 aliphatic carbocycles. The van der Waals surface area contributed by atoms with Gasteiger partial charge in [-0.2, -0.15) is 0 Å². The fourth-order valence-corrected chi connectivity index (χ4v) is 4.03. The molecule has 0 N–H and O–H groups in total. The van der Waals surface area contributed by atoms with Gasteiger partial charge in [0.05, 0.1) is 29.2 Å². The Kier molecular flexibility index (Phi) is 14.3. The number of allylic oxidation sites excluding steroid dienone is 2. The lowest BCUT2D eigenvalue weighted by molar-refractivity contribution is -0.161. The van der Waals surface area contributed by atoms with Gasteiger partial charge in [-0.1, -0.05) is 56.4 Å². The first-order chi connectivity index (χ1) is 17.3. The first kappa shape index (κ1) is 33.0. The van der Waals surface area contributed by atoms with Crippen LogP contribution in [-0.2, 0) is 45.6 Å². The number of hydrogen-bond donors (Lipinski definition) is 0. The second-order valence-electron chi connectivity index (χ2n) is 11.1. The van der Waals surface area contributed by atoms with Gasteiger partial charge in [-0.25, -0.2) is 4.68 Å². The van der Waals surface area contributed by atoms with E-state index < -0.39 is 44.0 Å². The summed E-state index contributed by atoms with van der Waals surface area (Å²) >= 11 is 0. The minimum absolute atomic E-state index is 0.105. The van der Waals surface area contributed by atoms with Gasteiger partial charge in [0.1, 0.15) is 0 Å². The van der Waals surface area contributed by atoms with Gasteiger partial charge in [-0.15, -0.1) is 5.10 Å². The molecule has 1 aromatic rings. The Hall–Kier alpha value is -2.03. The van der Waals surface area contributed by atoms with Crippen LogP contribution in [0.25, 0.3) is 0 Å². The van der Waals surface area contributed by atoms with Crippen molar-refractivity contribution in [2.75, 3.05) is 19.7 Å². The Morgan fingerprint density at radius 1 is 0.892 bits per heavy atom. The number of carbonyl (C=O) groups is 2. The molecule has 0 aromatic carbocycles. The molecule has 0 bridgehead atoms. The van der Waals surface area contributed by atoms with Crippen LogP contribution in [0.5, 0.6) is 0 Å². The summed E-state index contributed by atoms with van der Waals surface area (Å²) in [6.45, 7) is 11.7. The van der Waals surface area contributed by atoms with E-state index in [1.54, 1.807) is 58.4 Å². The first-order valence-corrected chi connectivity index (χ1v) is 14.8. The highest BCUT2D eigenvalue weighted by molar-refractivity contribution is 7.54. The van der Waals surface area contributed by atoms with E-state index in [4.69, 9.17) is 18.5 Å². The molecule has 1 rings (SSSR count). The normalized spacial score (nSPS) is 12.7. The molecule has 0 saturated carbocycles. The third kappa shape index (κ3) is 14.5. The van der Waals surface area contributed by atoms with Crippen molar-refractivity contribution in [3.63, 3.8) is 0 Å². The van der Waals surface area contributed by atoms with Crippen LogP contribution in [0.15, 0.2) is 18.3 Å². The molecule has 10 nitrogen and oxygen atoms in total. The summed E-state index contributed by atoms with van der Waals surface area (Å²) in [5, 5.41) is 8.34. The van der Waals surface area contributed by atoms with E-state index in [-0.39, 0.29) is 6.16 Å². The standard InChI is InChI=1S/C26H46N3O7P/c1-8-9-10-11-12-13-16-22-19-29(28-27-22)17-14-15-18-37(32,35-20-33-23(30)25(2,3)4)36-21-34-24(31)26(5,6)7/h14-15,19H,8-13,16-18,20-21H2,1-7H3/b15-14+. The Bertz CT molecular complexity index is 865. The van der Waals surface area contributed by atoms with Crippen molar-refractivity contribution >= 4 is 19.5 Å². The summed E-state index contributed by atoms with van der Waals surface area (Å²) in [7, 11) is -3.77. The quantitative estimate of drug-likeness (QED) is 0.0759. The molecule has 1 heterocycles. The van der Waals surface area contributed by atoms with E-state index in [2.05, 4.69) is 17.2 Å². The lowest BCUT2D eigenvalue weighted by atomic mass is 9.98. The number of aromatic nitrogens is 3. The summed E-state index contributed by atoms with van der Waals surface area (Å²) in [6, 6.07) is 0. The SMILES string of the molecule is CCCCCCCCc1cn(C/C=C/CP(=O)(OCOC(=O)C(C)(C)C)OCOC(=O)C(C)(C)C)nn1. The summed E-state index contributed by atoms with van der Waals surface area (Å²) in [5.41, 5.74) is -0.521. The van der Waals surface area contributed by atoms with E-state index in [9.17, 15) is 14.2 Å². The Balaban J connectivity index is 2.60. The second kappa shape index (κ2) is 16.0. The zero-order valence-corrected chi connectivity index (χ0v) is 24.6. The van der Waals surface area contributed by atoms with Crippen LogP contribution in [0.2, 0.25) is 0 Å². The van der Waals surface area contributed by atoms with Crippen LogP contribution in [0.1, 0.15) is 92.7 Å². The molecule has 0 aliphatic heterocycles. The predicted molar refractivity (Wildman–Crippen MR) is 142 cm³/mol. The van der Waals surface area contributed by atoms with Crippen molar-refractivity contribution < 1.29 is 32.7 Å². The van der Waals surface area contributed by atoms with Gasteiger partial charge in [0.25, 0.3) is 0 Å². The van der Waals surface area contributed by atoms with Crippen LogP contribution >= 0.6 is 7.60 Å². The van der Waals surface area contributed by atoms with Gasteiger partial charge in [-0.3, -0.25) is 23.2 Å². The number of unbranched alkanes of at least 4 members (excludes halogenated alkanes) is 5. The number of rotatable bonds is 17. The highest BCUT2D eigenvalue weighted by Gasteiger charge is 2.29. The molecular formula is C26H46N3O7P. The largest absolute Gasteiger partial charge is 0.438 e. The van der Waals surface area contributed by atoms with Crippen molar-refractivity contribution in [2.45, 2.75) is 100.0 Å². The monoisotopic (exact) mass is 543 g/mol. The smallest absolute Gasteiger partial charge is 0.340 e. The maximum atomic E-state index is 13.2. The van der Waals surface area contributed by atoms with Gasteiger partial charge in [0, 0.05) is 6.20 Å². The molecule has 0 atom stereocenters. The highest BCUT2D eigenvalue weighted by Crippen LogP contribution is 2.48. The number of carbonyl (C=O) groups excluding carboxylic acids is 2.